The number of fused-ring (bicyclic) bond motifs is 1. The molecule has 1 aliphatic rings. The number of nitrogens with zero attached hydrogens (tertiary/aromatic N) is 4. The van der Waals surface area contributed by atoms with E-state index in [1.807, 2.05) is 0 Å². The van der Waals surface area contributed by atoms with Gasteiger partial charge in [0, 0.05) is 6.42 Å². The fourth-order valence-corrected chi connectivity index (χ4v) is 5.99. The Morgan fingerprint density at radius 3 is 2.62 bits per heavy atom. The zero-order chi connectivity index (χ0) is 29.9. The Kier molecular flexibility index (Phi) is 8.22. The van der Waals surface area contributed by atoms with Crippen molar-refractivity contribution in [1.29, 1.82) is 0 Å². The number of hydrogen-bond acceptors (Lipinski definition) is 10. The van der Waals surface area contributed by atoms with Gasteiger partial charge in [-0.1, -0.05) is 54.5 Å². The van der Waals surface area contributed by atoms with Crippen LogP contribution in [-0.4, -0.2) is 60.1 Å². The van der Waals surface area contributed by atoms with Crippen LogP contribution in [0, 0.1) is 18.4 Å². The van der Waals surface area contributed by atoms with E-state index < -0.39 is 50.4 Å². The van der Waals surface area contributed by atoms with Gasteiger partial charge in [-0.05, 0) is 24.1 Å². The molecule has 0 spiro atoms. The molecule has 218 valence electrons. The van der Waals surface area contributed by atoms with E-state index in [1.165, 1.54) is 23.0 Å². The highest BCUT2D eigenvalue weighted by Crippen LogP contribution is 2.48. The lowest BCUT2D eigenvalue weighted by Gasteiger charge is -2.30. The molecule has 0 radical (unpaired) electrons. The highest BCUT2D eigenvalue weighted by molar-refractivity contribution is 7.52. The highest BCUT2D eigenvalue weighted by atomic mass is 31.2. The number of carboxylic acid groups (broad SMARTS) is 1. The van der Waals surface area contributed by atoms with E-state index in [2.05, 4.69) is 26.0 Å². The summed E-state index contributed by atoms with van der Waals surface area (Å²) in [6.45, 7) is -0.673. The largest absolute Gasteiger partial charge is 0.480 e. The molecule has 0 aliphatic carbocycles. The quantitative estimate of drug-likeness (QED) is 0.113. The van der Waals surface area contributed by atoms with E-state index in [4.69, 9.17) is 25.9 Å². The van der Waals surface area contributed by atoms with Gasteiger partial charge in [0.2, 0.25) is 0 Å². The Labute approximate surface area is 239 Å². The first-order valence-corrected chi connectivity index (χ1v) is 14.2. The number of hydrogen-bond donors (Lipinski definition) is 4. The van der Waals surface area contributed by atoms with Gasteiger partial charge in [-0.25, -0.2) is 9.55 Å². The molecule has 42 heavy (non-hydrogen) atoms. The number of nitrogen functional groups attached to an aromatic ring is 1. The summed E-state index contributed by atoms with van der Waals surface area (Å²) in [6, 6.07) is 15.3. The molecule has 1 saturated heterocycles. The minimum Gasteiger partial charge on any atom is -0.480 e. The lowest BCUT2D eigenvalue weighted by atomic mass is 9.99. The maximum absolute atomic E-state index is 14.1. The lowest BCUT2D eigenvalue weighted by Crippen LogP contribution is -2.44. The summed E-state index contributed by atoms with van der Waals surface area (Å²) in [4.78, 5) is 23.4. The number of aliphatic carboxylic acids is 1. The van der Waals surface area contributed by atoms with Crippen molar-refractivity contribution in [3.05, 3.63) is 78.6 Å². The molecule has 2 aromatic carbocycles. The van der Waals surface area contributed by atoms with Gasteiger partial charge in [-0.15, -0.1) is 6.42 Å². The highest BCUT2D eigenvalue weighted by Gasteiger charge is 2.50. The van der Waals surface area contributed by atoms with Crippen molar-refractivity contribution in [2.24, 2.45) is 0 Å². The number of terminal acetylenes is 1. The smallest absolute Gasteiger partial charge is 0.459 e. The average Bonchev–Trinajstić information content (AvgIpc) is 3.54. The molecule has 5 rings (SSSR count). The average molecular weight is 597 g/mol. The first-order chi connectivity index (χ1) is 20.1. The summed E-state index contributed by atoms with van der Waals surface area (Å²) in [6.07, 6.45) is 3.48. The van der Waals surface area contributed by atoms with Crippen LogP contribution in [0.25, 0.3) is 11.2 Å². The van der Waals surface area contributed by atoms with E-state index in [9.17, 15) is 24.0 Å². The third kappa shape index (κ3) is 6.11. The van der Waals surface area contributed by atoms with E-state index in [1.54, 1.807) is 48.5 Å². The van der Waals surface area contributed by atoms with Crippen LogP contribution in [0.4, 0.5) is 10.2 Å². The van der Waals surface area contributed by atoms with Crippen LogP contribution >= 0.6 is 7.75 Å². The molecular formula is C27H26FN6O7P. The fraction of sp³-hybridized carbons (Fsp3) is 0.259. The van der Waals surface area contributed by atoms with Crippen LogP contribution in [0.3, 0.4) is 0 Å². The molecule has 5 N–H and O–H groups in total. The van der Waals surface area contributed by atoms with E-state index in [-0.39, 0.29) is 35.6 Å². The predicted octanol–water partition coefficient (Wildman–Crippen LogP) is 2.69. The summed E-state index contributed by atoms with van der Waals surface area (Å²) in [5, 5.41) is 23.4. The molecule has 0 unspecified atom stereocenters. The topological polar surface area (TPSA) is 184 Å². The number of halogens is 1. The Morgan fingerprint density at radius 1 is 1.26 bits per heavy atom. The van der Waals surface area contributed by atoms with Gasteiger partial charge in [-0.3, -0.25) is 13.9 Å². The van der Waals surface area contributed by atoms with Crippen molar-refractivity contribution in [1.82, 2.24) is 24.6 Å². The minimum atomic E-state index is -4.48. The third-order valence-corrected chi connectivity index (χ3v) is 8.15. The molecular weight excluding hydrogens is 570 g/mol. The van der Waals surface area contributed by atoms with Gasteiger partial charge in [0.1, 0.15) is 30.7 Å². The van der Waals surface area contributed by atoms with Crippen molar-refractivity contribution in [3.63, 3.8) is 0 Å². The molecule has 0 bridgehead atoms. The number of nitrogens with one attached hydrogen (secondary N) is 1. The predicted molar refractivity (Wildman–Crippen MR) is 147 cm³/mol. The number of carboxylic acids is 1. The molecule has 5 atom stereocenters. The van der Waals surface area contributed by atoms with Crippen LogP contribution < -0.4 is 15.3 Å². The molecule has 15 heteroatoms. The SMILES string of the molecule is C#C[C@]1(CO[P@@](=O)(N[C@@H](Cc2ccccc2)C(=O)O)Oc2ccccc2)O[C@@H](n2cnc3c(N)nc(F)nc32)C[C@@H]1O. The van der Waals surface area contributed by atoms with Gasteiger partial charge in [0.25, 0.3) is 0 Å². The van der Waals surface area contributed by atoms with Crippen LogP contribution in [0.1, 0.15) is 18.2 Å². The third-order valence-electron chi connectivity index (χ3n) is 6.60. The number of benzene rings is 2. The number of imidazole rings is 1. The Hall–Kier alpha value is -4.38. The summed E-state index contributed by atoms with van der Waals surface area (Å²) in [7, 11) is -4.48. The molecule has 2 aromatic heterocycles. The van der Waals surface area contributed by atoms with Crippen molar-refractivity contribution in [3.8, 4) is 18.1 Å². The second kappa shape index (κ2) is 11.8. The Morgan fingerprint density at radius 2 is 1.95 bits per heavy atom. The molecule has 1 aliphatic heterocycles. The van der Waals surface area contributed by atoms with Crippen molar-refractivity contribution in [2.45, 2.75) is 36.8 Å². The number of ether oxygens (including phenoxy) is 1. The van der Waals surface area contributed by atoms with Gasteiger partial charge < -0.3 is 25.2 Å². The molecule has 3 heterocycles. The van der Waals surface area contributed by atoms with Crippen molar-refractivity contribution >= 4 is 30.7 Å². The summed E-state index contributed by atoms with van der Waals surface area (Å²) in [5.41, 5.74) is 4.66. The van der Waals surface area contributed by atoms with Crippen LogP contribution in [0.2, 0.25) is 0 Å². The number of aromatic nitrogens is 4. The van der Waals surface area contributed by atoms with Crippen LogP contribution in [0.5, 0.6) is 5.75 Å². The first kappa shape index (κ1) is 29.1. The second-order valence-corrected chi connectivity index (χ2v) is 11.1. The number of para-hydroxylation sites is 1. The van der Waals surface area contributed by atoms with Crippen molar-refractivity contribution in [2.75, 3.05) is 12.3 Å². The molecule has 13 nitrogen and oxygen atoms in total. The lowest BCUT2D eigenvalue weighted by molar-refractivity contribution is -0.139. The summed E-state index contributed by atoms with van der Waals surface area (Å²) < 4.78 is 46.6. The van der Waals surface area contributed by atoms with Crippen LogP contribution in [0.15, 0.2) is 67.0 Å². The zero-order valence-corrected chi connectivity index (χ0v) is 22.8. The van der Waals surface area contributed by atoms with E-state index >= 15 is 0 Å². The summed E-state index contributed by atoms with van der Waals surface area (Å²) >= 11 is 0. The zero-order valence-electron chi connectivity index (χ0n) is 21.9. The minimum absolute atomic E-state index is 0.0101. The standard InChI is InChI=1S/C27H26FN6O7P/c1-2-27(20(35)14-21(40-27)34-16-30-22-23(29)31-26(28)32-24(22)34)15-39-42(38,41-18-11-7-4-8-12-18)33-19(25(36)37)13-17-9-5-3-6-10-17/h1,3-12,16,19-21,35H,13-15H2,(H,33,38)(H,36,37)(H2,29,31,32)/t19-,20-,21+,27+,42-/m0/s1. The monoisotopic (exact) mass is 596 g/mol. The molecule has 0 amide bonds. The number of carbonyl (C=O) groups is 1. The maximum Gasteiger partial charge on any atom is 0.459 e. The molecule has 1 fully saturated rings. The molecule has 0 saturated carbocycles. The van der Waals surface area contributed by atoms with Gasteiger partial charge in [-0.2, -0.15) is 19.4 Å². The molecule has 4 aromatic rings. The number of rotatable bonds is 11. The van der Waals surface area contributed by atoms with Crippen molar-refractivity contribution < 1.29 is 37.7 Å². The van der Waals surface area contributed by atoms with E-state index in [0.717, 1.165) is 0 Å². The number of nitrogens with two attached hydrogens (primary N) is 1. The summed E-state index contributed by atoms with van der Waals surface area (Å²) in [5.74, 6) is 0.998. The normalized spacial score (nSPS) is 22.3. The van der Waals surface area contributed by atoms with Gasteiger partial charge in [0.15, 0.2) is 22.6 Å². The number of aliphatic hydroxyl groups is 1. The maximum atomic E-state index is 14.1. The number of anilines is 1. The number of aliphatic hydroxyl groups excluding tert-OH is 1. The van der Waals surface area contributed by atoms with Crippen LogP contribution in [-0.2, 0) is 25.0 Å². The Bertz CT molecular complexity index is 1670. The van der Waals surface area contributed by atoms with Gasteiger partial charge in [0.05, 0.1) is 6.33 Å². The van der Waals surface area contributed by atoms with Gasteiger partial charge >= 0.3 is 19.8 Å². The first-order valence-electron chi connectivity index (χ1n) is 12.6. The van der Waals surface area contributed by atoms with E-state index in [0.29, 0.717) is 5.56 Å². The Balaban J connectivity index is 1.40. The second-order valence-electron chi connectivity index (χ2n) is 9.44. The fourth-order valence-electron chi connectivity index (χ4n) is 4.46.